The molecular formula is C13H27N3. The van der Waals surface area contributed by atoms with E-state index >= 15 is 0 Å². The molecule has 0 spiro atoms. The maximum absolute atomic E-state index is 3.56. The van der Waals surface area contributed by atoms with Crippen LogP contribution in [0.3, 0.4) is 0 Å². The van der Waals surface area contributed by atoms with Crippen LogP contribution in [0, 0.1) is 0 Å². The van der Waals surface area contributed by atoms with Crippen molar-refractivity contribution in [1.29, 1.82) is 0 Å². The lowest BCUT2D eigenvalue weighted by Crippen LogP contribution is -2.39. The minimum Gasteiger partial charge on any atom is -0.313 e. The van der Waals surface area contributed by atoms with Crippen LogP contribution >= 0.6 is 0 Å². The Kier molecular flexibility index (Phi) is 5.07. The quantitative estimate of drug-likeness (QED) is 0.777. The Labute approximate surface area is 100 Å². The van der Waals surface area contributed by atoms with Gasteiger partial charge >= 0.3 is 0 Å². The third-order valence-corrected chi connectivity index (χ3v) is 3.98. The van der Waals surface area contributed by atoms with Crippen LogP contribution in [0.5, 0.6) is 0 Å². The van der Waals surface area contributed by atoms with Crippen molar-refractivity contribution in [2.75, 3.05) is 45.8 Å². The second kappa shape index (κ2) is 6.58. The normalized spacial score (nSPS) is 30.2. The zero-order valence-electron chi connectivity index (χ0n) is 10.7. The molecule has 0 aromatic heterocycles. The van der Waals surface area contributed by atoms with Crippen LogP contribution in [-0.2, 0) is 0 Å². The predicted molar refractivity (Wildman–Crippen MR) is 68.8 cm³/mol. The van der Waals surface area contributed by atoms with Gasteiger partial charge in [0.15, 0.2) is 0 Å². The summed E-state index contributed by atoms with van der Waals surface area (Å²) in [5.74, 6) is 0. The molecule has 0 aromatic carbocycles. The van der Waals surface area contributed by atoms with Crippen molar-refractivity contribution in [3.63, 3.8) is 0 Å². The van der Waals surface area contributed by atoms with Crippen LogP contribution in [-0.4, -0.2) is 61.7 Å². The van der Waals surface area contributed by atoms with E-state index in [4.69, 9.17) is 0 Å². The maximum Gasteiger partial charge on any atom is 0.0110 e. The van der Waals surface area contributed by atoms with Crippen LogP contribution in [0.25, 0.3) is 0 Å². The van der Waals surface area contributed by atoms with E-state index in [1.165, 1.54) is 71.5 Å². The number of nitrogens with one attached hydrogen (secondary N) is 1. The van der Waals surface area contributed by atoms with Crippen LogP contribution in [0.2, 0.25) is 0 Å². The first-order valence-corrected chi connectivity index (χ1v) is 7.03. The molecule has 0 aliphatic carbocycles. The van der Waals surface area contributed by atoms with E-state index in [1.807, 2.05) is 0 Å². The standard InChI is InChI=1S/C13H27N3/c1-13-5-9-16(10-6-14-13)12-11-15-7-3-2-4-8-15/h13-14H,2-12H2,1H3. The molecule has 2 rings (SSSR count). The molecule has 0 amide bonds. The first kappa shape index (κ1) is 12.3. The number of hydrogen-bond donors (Lipinski definition) is 1. The third-order valence-electron chi connectivity index (χ3n) is 3.98. The lowest BCUT2D eigenvalue weighted by atomic mass is 10.1. The van der Waals surface area contributed by atoms with E-state index in [0.717, 1.165) is 0 Å². The van der Waals surface area contributed by atoms with Gasteiger partial charge in [-0.05, 0) is 45.8 Å². The Bertz CT molecular complexity index is 190. The average molecular weight is 225 g/mol. The van der Waals surface area contributed by atoms with Crippen LogP contribution in [0.15, 0.2) is 0 Å². The predicted octanol–water partition coefficient (Wildman–Crippen LogP) is 1.16. The molecule has 2 aliphatic rings. The SMILES string of the molecule is CC1CCN(CCN2CCCCC2)CCN1. The lowest BCUT2D eigenvalue weighted by Gasteiger charge is -2.29. The smallest absolute Gasteiger partial charge is 0.0110 e. The van der Waals surface area contributed by atoms with E-state index in [-0.39, 0.29) is 0 Å². The van der Waals surface area contributed by atoms with Gasteiger partial charge in [-0.15, -0.1) is 0 Å². The van der Waals surface area contributed by atoms with Gasteiger partial charge in [0.05, 0.1) is 0 Å². The Hall–Kier alpha value is -0.120. The second-order valence-corrected chi connectivity index (χ2v) is 5.39. The summed E-state index contributed by atoms with van der Waals surface area (Å²) in [4.78, 5) is 5.27. The number of nitrogens with zero attached hydrogens (tertiary/aromatic N) is 2. The van der Waals surface area contributed by atoms with Crippen LogP contribution in [0.1, 0.15) is 32.6 Å². The van der Waals surface area contributed by atoms with Gasteiger partial charge < -0.3 is 15.1 Å². The van der Waals surface area contributed by atoms with Gasteiger partial charge in [-0.2, -0.15) is 0 Å². The van der Waals surface area contributed by atoms with Gasteiger partial charge in [-0.25, -0.2) is 0 Å². The molecule has 1 N–H and O–H groups in total. The Morgan fingerprint density at radius 1 is 0.938 bits per heavy atom. The van der Waals surface area contributed by atoms with Crippen molar-refractivity contribution in [3.05, 3.63) is 0 Å². The van der Waals surface area contributed by atoms with Gasteiger partial charge in [0, 0.05) is 32.2 Å². The minimum absolute atomic E-state index is 0.708. The number of likely N-dealkylation sites (tertiary alicyclic amines) is 1. The zero-order valence-corrected chi connectivity index (χ0v) is 10.7. The van der Waals surface area contributed by atoms with E-state index in [2.05, 4.69) is 22.0 Å². The van der Waals surface area contributed by atoms with Crippen LogP contribution < -0.4 is 5.32 Å². The highest BCUT2D eigenvalue weighted by molar-refractivity contribution is 4.73. The summed E-state index contributed by atoms with van der Waals surface area (Å²) in [5.41, 5.74) is 0. The fraction of sp³-hybridized carbons (Fsp3) is 1.00. The summed E-state index contributed by atoms with van der Waals surface area (Å²) in [6.07, 6.45) is 5.58. The second-order valence-electron chi connectivity index (χ2n) is 5.39. The zero-order chi connectivity index (χ0) is 11.2. The van der Waals surface area contributed by atoms with Crippen LogP contribution in [0.4, 0.5) is 0 Å². The molecule has 2 aliphatic heterocycles. The fourth-order valence-corrected chi connectivity index (χ4v) is 2.75. The van der Waals surface area contributed by atoms with Gasteiger partial charge in [0.25, 0.3) is 0 Å². The average Bonchev–Trinajstić information content (AvgIpc) is 2.53. The highest BCUT2D eigenvalue weighted by Gasteiger charge is 2.15. The summed E-state index contributed by atoms with van der Waals surface area (Å²) < 4.78 is 0. The molecular weight excluding hydrogens is 198 g/mol. The topological polar surface area (TPSA) is 18.5 Å². The van der Waals surface area contributed by atoms with Gasteiger partial charge in [0.2, 0.25) is 0 Å². The molecule has 94 valence electrons. The molecule has 0 aromatic rings. The first-order chi connectivity index (χ1) is 7.84. The molecule has 2 heterocycles. The van der Waals surface area contributed by atoms with Gasteiger partial charge in [-0.1, -0.05) is 6.42 Å². The van der Waals surface area contributed by atoms with Gasteiger partial charge in [0.1, 0.15) is 0 Å². The van der Waals surface area contributed by atoms with Crippen molar-refractivity contribution in [2.24, 2.45) is 0 Å². The number of hydrogen-bond acceptors (Lipinski definition) is 3. The molecule has 1 atom stereocenters. The van der Waals surface area contributed by atoms with Crippen molar-refractivity contribution in [1.82, 2.24) is 15.1 Å². The largest absolute Gasteiger partial charge is 0.313 e. The van der Waals surface area contributed by atoms with E-state index in [0.29, 0.717) is 6.04 Å². The summed E-state index contributed by atoms with van der Waals surface area (Å²) in [5, 5.41) is 3.56. The summed E-state index contributed by atoms with van der Waals surface area (Å²) in [6.45, 7) is 11.2. The van der Waals surface area contributed by atoms with E-state index in [1.54, 1.807) is 0 Å². The molecule has 3 heteroatoms. The molecule has 16 heavy (non-hydrogen) atoms. The third kappa shape index (κ3) is 4.04. The number of rotatable bonds is 3. The summed E-state index contributed by atoms with van der Waals surface area (Å²) in [6, 6.07) is 0.708. The van der Waals surface area contributed by atoms with Crippen molar-refractivity contribution >= 4 is 0 Å². The Morgan fingerprint density at radius 2 is 1.62 bits per heavy atom. The molecule has 2 saturated heterocycles. The number of piperidine rings is 1. The van der Waals surface area contributed by atoms with Crippen molar-refractivity contribution in [3.8, 4) is 0 Å². The van der Waals surface area contributed by atoms with Crippen molar-refractivity contribution < 1.29 is 0 Å². The Balaban J connectivity index is 1.64. The van der Waals surface area contributed by atoms with Crippen molar-refractivity contribution in [2.45, 2.75) is 38.6 Å². The minimum atomic E-state index is 0.708. The summed E-state index contributed by atoms with van der Waals surface area (Å²) >= 11 is 0. The van der Waals surface area contributed by atoms with Gasteiger partial charge in [-0.3, -0.25) is 0 Å². The molecule has 0 saturated carbocycles. The molecule has 2 fully saturated rings. The molecule has 1 unspecified atom stereocenters. The molecule has 0 bridgehead atoms. The highest BCUT2D eigenvalue weighted by atomic mass is 15.2. The first-order valence-electron chi connectivity index (χ1n) is 7.03. The summed E-state index contributed by atoms with van der Waals surface area (Å²) in [7, 11) is 0. The van der Waals surface area contributed by atoms with E-state index in [9.17, 15) is 0 Å². The lowest BCUT2D eigenvalue weighted by molar-refractivity contribution is 0.186. The van der Waals surface area contributed by atoms with E-state index < -0.39 is 0 Å². The monoisotopic (exact) mass is 225 g/mol. The molecule has 0 radical (unpaired) electrons. The molecule has 3 nitrogen and oxygen atoms in total. The highest BCUT2D eigenvalue weighted by Crippen LogP contribution is 2.08. The maximum atomic E-state index is 3.56. The fourth-order valence-electron chi connectivity index (χ4n) is 2.75. The Morgan fingerprint density at radius 3 is 2.38 bits per heavy atom.